The van der Waals surface area contributed by atoms with Gasteiger partial charge in [-0.1, -0.05) is 11.6 Å². The molecule has 0 aliphatic carbocycles. The molecule has 1 heterocycles. The van der Waals surface area contributed by atoms with Gasteiger partial charge in [-0.3, -0.25) is 0 Å². The van der Waals surface area contributed by atoms with E-state index in [9.17, 15) is 4.39 Å². The first kappa shape index (κ1) is 13.6. The highest BCUT2D eigenvalue weighted by atomic mass is 35.5. The second-order valence-electron chi connectivity index (χ2n) is 4.52. The SMILES string of the molecule is OCCCN(c1ccc(F)c(Cl)c1)[C@H]1CCNC1. The van der Waals surface area contributed by atoms with E-state index in [-0.39, 0.29) is 11.6 Å². The maximum absolute atomic E-state index is 13.2. The van der Waals surface area contributed by atoms with Crippen molar-refractivity contribution in [1.29, 1.82) is 0 Å². The Balaban J connectivity index is 2.17. The first-order valence-electron chi connectivity index (χ1n) is 6.25. The largest absolute Gasteiger partial charge is 0.396 e. The van der Waals surface area contributed by atoms with E-state index in [1.165, 1.54) is 6.07 Å². The summed E-state index contributed by atoms with van der Waals surface area (Å²) in [5.74, 6) is -0.396. The fraction of sp³-hybridized carbons (Fsp3) is 0.538. The first-order chi connectivity index (χ1) is 8.72. The summed E-state index contributed by atoms with van der Waals surface area (Å²) in [6.45, 7) is 2.83. The van der Waals surface area contributed by atoms with Gasteiger partial charge in [0, 0.05) is 31.4 Å². The molecule has 0 radical (unpaired) electrons. The highest BCUT2D eigenvalue weighted by Crippen LogP contribution is 2.25. The number of aliphatic hydroxyl groups excluding tert-OH is 1. The molecule has 2 rings (SSSR count). The molecular weight excluding hydrogens is 255 g/mol. The maximum atomic E-state index is 13.2. The number of halogens is 2. The Morgan fingerprint density at radius 3 is 2.94 bits per heavy atom. The van der Waals surface area contributed by atoms with Gasteiger partial charge in [0.2, 0.25) is 0 Å². The molecule has 2 N–H and O–H groups in total. The number of nitrogens with zero attached hydrogens (tertiary/aromatic N) is 1. The van der Waals surface area contributed by atoms with Crippen LogP contribution in [0.5, 0.6) is 0 Å². The second-order valence-corrected chi connectivity index (χ2v) is 4.92. The molecule has 0 aromatic heterocycles. The molecule has 1 saturated heterocycles. The van der Waals surface area contributed by atoms with E-state index in [1.807, 2.05) is 0 Å². The smallest absolute Gasteiger partial charge is 0.141 e. The van der Waals surface area contributed by atoms with Crippen molar-refractivity contribution in [1.82, 2.24) is 5.32 Å². The minimum Gasteiger partial charge on any atom is -0.396 e. The van der Waals surface area contributed by atoms with Crippen LogP contribution >= 0.6 is 11.6 Å². The zero-order chi connectivity index (χ0) is 13.0. The van der Waals surface area contributed by atoms with Crippen molar-refractivity contribution < 1.29 is 9.50 Å². The van der Waals surface area contributed by atoms with Crippen LogP contribution in [0.2, 0.25) is 5.02 Å². The van der Waals surface area contributed by atoms with Gasteiger partial charge in [0.25, 0.3) is 0 Å². The van der Waals surface area contributed by atoms with Gasteiger partial charge in [0.1, 0.15) is 5.82 Å². The number of hydrogen-bond donors (Lipinski definition) is 2. The number of anilines is 1. The van der Waals surface area contributed by atoms with E-state index in [1.54, 1.807) is 12.1 Å². The normalized spacial score (nSPS) is 19.2. The molecule has 1 atom stereocenters. The van der Waals surface area contributed by atoms with E-state index in [0.29, 0.717) is 12.5 Å². The van der Waals surface area contributed by atoms with Crippen molar-refractivity contribution in [2.75, 3.05) is 31.1 Å². The van der Waals surface area contributed by atoms with Crippen molar-refractivity contribution in [3.8, 4) is 0 Å². The summed E-state index contributed by atoms with van der Waals surface area (Å²) < 4.78 is 13.2. The lowest BCUT2D eigenvalue weighted by atomic mass is 10.1. The van der Waals surface area contributed by atoms with Crippen LogP contribution in [0.25, 0.3) is 0 Å². The van der Waals surface area contributed by atoms with Crippen LogP contribution in [0.1, 0.15) is 12.8 Å². The Morgan fingerprint density at radius 2 is 2.33 bits per heavy atom. The van der Waals surface area contributed by atoms with Crippen LogP contribution in [-0.4, -0.2) is 37.4 Å². The molecule has 1 aliphatic rings. The van der Waals surface area contributed by atoms with Gasteiger partial charge in [-0.05, 0) is 37.6 Å². The highest BCUT2D eigenvalue weighted by Gasteiger charge is 2.22. The molecule has 1 aliphatic heterocycles. The molecule has 3 nitrogen and oxygen atoms in total. The summed E-state index contributed by atoms with van der Waals surface area (Å²) in [5, 5.41) is 12.4. The molecule has 18 heavy (non-hydrogen) atoms. The Bertz CT molecular complexity index is 397. The highest BCUT2D eigenvalue weighted by molar-refractivity contribution is 6.31. The molecule has 0 spiro atoms. The molecule has 0 amide bonds. The fourth-order valence-corrected chi connectivity index (χ4v) is 2.51. The maximum Gasteiger partial charge on any atom is 0.141 e. The van der Waals surface area contributed by atoms with Crippen LogP contribution in [0.3, 0.4) is 0 Å². The van der Waals surface area contributed by atoms with E-state index in [2.05, 4.69) is 10.2 Å². The molecule has 0 bridgehead atoms. The second kappa shape index (κ2) is 6.36. The topological polar surface area (TPSA) is 35.5 Å². The number of hydrogen-bond acceptors (Lipinski definition) is 3. The van der Waals surface area contributed by atoms with Crippen LogP contribution in [0.15, 0.2) is 18.2 Å². The molecule has 100 valence electrons. The molecule has 0 saturated carbocycles. The lowest BCUT2D eigenvalue weighted by molar-refractivity contribution is 0.288. The molecule has 1 aromatic rings. The Labute approximate surface area is 112 Å². The average Bonchev–Trinajstić information content (AvgIpc) is 2.88. The third-order valence-electron chi connectivity index (χ3n) is 3.27. The van der Waals surface area contributed by atoms with E-state index < -0.39 is 5.82 Å². The zero-order valence-corrected chi connectivity index (χ0v) is 11.0. The molecular formula is C13H18ClFN2O. The van der Waals surface area contributed by atoms with Crippen molar-refractivity contribution in [3.63, 3.8) is 0 Å². The van der Waals surface area contributed by atoms with Gasteiger partial charge >= 0.3 is 0 Å². The summed E-state index contributed by atoms with van der Waals surface area (Å²) in [6, 6.07) is 5.19. The summed E-state index contributed by atoms with van der Waals surface area (Å²) in [7, 11) is 0. The quantitative estimate of drug-likeness (QED) is 0.861. The van der Waals surface area contributed by atoms with Crippen LogP contribution < -0.4 is 10.2 Å². The first-order valence-corrected chi connectivity index (χ1v) is 6.63. The van der Waals surface area contributed by atoms with E-state index >= 15 is 0 Å². The zero-order valence-electron chi connectivity index (χ0n) is 10.2. The monoisotopic (exact) mass is 272 g/mol. The van der Waals surface area contributed by atoms with Gasteiger partial charge in [-0.25, -0.2) is 4.39 Å². The van der Waals surface area contributed by atoms with Gasteiger partial charge < -0.3 is 15.3 Å². The third kappa shape index (κ3) is 3.13. The van der Waals surface area contributed by atoms with Crippen molar-refractivity contribution in [3.05, 3.63) is 29.0 Å². The van der Waals surface area contributed by atoms with Crippen LogP contribution in [-0.2, 0) is 0 Å². The molecule has 5 heteroatoms. The standard InChI is InChI=1S/C13H18ClFN2O/c14-12-8-10(2-3-13(12)15)17(6-1-7-18)11-4-5-16-9-11/h2-3,8,11,16,18H,1,4-7,9H2/t11-/m0/s1. The van der Waals surface area contributed by atoms with Crippen LogP contribution in [0.4, 0.5) is 10.1 Å². The van der Waals surface area contributed by atoms with Crippen LogP contribution in [0, 0.1) is 5.82 Å². The summed E-state index contributed by atoms with van der Waals surface area (Å²) in [5.41, 5.74) is 0.920. The van der Waals surface area contributed by atoms with Gasteiger partial charge in [-0.15, -0.1) is 0 Å². The summed E-state index contributed by atoms with van der Waals surface area (Å²) in [4.78, 5) is 2.20. The Kier molecular flexibility index (Phi) is 4.80. The number of rotatable bonds is 5. The average molecular weight is 273 g/mol. The van der Waals surface area contributed by atoms with Crippen molar-refractivity contribution in [2.45, 2.75) is 18.9 Å². The predicted octanol–water partition coefficient (Wildman–Crippen LogP) is 2.03. The lowest BCUT2D eigenvalue weighted by Gasteiger charge is -2.30. The minimum absolute atomic E-state index is 0.146. The summed E-state index contributed by atoms with van der Waals surface area (Å²) in [6.07, 6.45) is 1.76. The van der Waals surface area contributed by atoms with Gasteiger partial charge in [-0.2, -0.15) is 0 Å². The van der Waals surface area contributed by atoms with Gasteiger partial charge in [0.15, 0.2) is 0 Å². The molecule has 1 fully saturated rings. The van der Waals surface area contributed by atoms with Crippen molar-refractivity contribution in [2.24, 2.45) is 0 Å². The lowest BCUT2D eigenvalue weighted by Crippen LogP contribution is -2.38. The number of aliphatic hydroxyl groups is 1. The summed E-state index contributed by atoms with van der Waals surface area (Å²) >= 11 is 5.83. The Morgan fingerprint density at radius 1 is 1.50 bits per heavy atom. The molecule has 0 unspecified atom stereocenters. The van der Waals surface area contributed by atoms with Gasteiger partial charge in [0.05, 0.1) is 5.02 Å². The minimum atomic E-state index is -0.396. The Hall–Kier alpha value is -0.840. The van der Waals surface area contributed by atoms with E-state index in [0.717, 1.165) is 31.7 Å². The fourth-order valence-electron chi connectivity index (χ4n) is 2.33. The van der Waals surface area contributed by atoms with Crippen molar-refractivity contribution >= 4 is 17.3 Å². The van der Waals surface area contributed by atoms with E-state index in [4.69, 9.17) is 16.7 Å². The number of nitrogens with one attached hydrogen (secondary N) is 1. The predicted molar refractivity (Wildman–Crippen MR) is 71.7 cm³/mol. The molecule has 1 aromatic carbocycles. The third-order valence-corrected chi connectivity index (χ3v) is 3.56. The number of benzene rings is 1.